The quantitative estimate of drug-likeness (QED) is 0.379. The maximum absolute atomic E-state index is 14.2. The lowest BCUT2D eigenvalue weighted by Crippen LogP contribution is -2.46. The van der Waals surface area contributed by atoms with Crippen molar-refractivity contribution in [2.24, 2.45) is 0 Å². The molecule has 2 N–H and O–H groups in total. The van der Waals surface area contributed by atoms with E-state index in [4.69, 9.17) is 11.6 Å². The normalized spacial score (nSPS) is 16.9. The minimum Gasteiger partial charge on any atom is -0.354 e. The average Bonchev–Trinajstić information content (AvgIpc) is 3.25. The molecule has 0 radical (unpaired) electrons. The highest BCUT2D eigenvalue weighted by molar-refractivity contribution is 6.31. The fraction of sp³-hybridized carbons (Fsp3) is 0.250. The fourth-order valence-electron chi connectivity index (χ4n) is 5.02. The number of nitrogens with one attached hydrogen (secondary N) is 2. The van der Waals surface area contributed by atoms with Crippen LogP contribution in [-0.4, -0.2) is 42.4 Å². The Morgan fingerprint density at radius 2 is 1.78 bits per heavy atom. The standard InChI is InChI=1S/C28H22ClF5N4O3/c1-14(39)37-5-2-6-38(13-37)19-11-21-24(25(36-27(21)41)20-10-17(30)3-4-22(20)29)23(12-19)35-26(40)15-7-16(28(32,33)34)9-18(31)8-15/h3-4,7-12,25H,2,5-6,13H2,1H3,(H,35,40)(H,36,41). The van der Waals surface area contributed by atoms with Crippen LogP contribution in [0.2, 0.25) is 5.02 Å². The van der Waals surface area contributed by atoms with Crippen LogP contribution in [0.4, 0.5) is 33.3 Å². The first-order valence-electron chi connectivity index (χ1n) is 12.4. The molecule has 3 aromatic carbocycles. The number of hydrogen-bond acceptors (Lipinski definition) is 4. The summed E-state index contributed by atoms with van der Waals surface area (Å²) >= 11 is 6.32. The van der Waals surface area contributed by atoms with E-state index in [0.717, 1.165) is 12.1 Å². The molecule has 1 saturated heterocycles. The fourth-order valence-corrected chi connectivity index (χ4v) is 5.25. The molecule has 13 heteroatoms. The van der Waals surface area contributed by atoms with Crippen molar-refractivity contribution in [3.63, 3.8) is 0 Å². The summed E-state index contributed by atoms with van der Waals surface area (Å²) in [6.45, 7) is 2.66. The van der Waals surface area contributed by atoms with Crippen molar-refractivity contribution in [1.82, 2.24) is 10.2 Å². The van der Waals surface area contributed by atoms with Crippen LogP contribution in [0.3, 0.4) is 0 Å². The second-order valence-corrected chi connectivity index (χ2v) is 10.2. The van der Waals surface area contributed by atoms with Crippen molar-refractivity contribution in [3.8, 4) is 0 Å². The van der Waals surface area contributed by atoms with Crippen molar-refractivity contribution in [2.45, 2.75) is 25.6 Å². The summed E-state index contributed by atoms with van der Waals surface area (Å²) in [5.41, 5.74) is -0.987. The van der Waals surface area contributed by atoms with Crippen LogP contribution in [-0.2, 0) is 11.0 Å². The Balaban J connectivity index is 1.62. The number of amides is 3. The molecule has 2 aliphatic rings. The third-order valence-corrected chi connectivity index (χ3v) is 7.33. The molecule has 41 heavy (non-hydrogen) atoms. The zero-order valence-electron chi connectivity index (χ0n) is 21.4. The molecule has 1 fully saturated rings. The Kier molecular flexibility index (Phi) is 7.37. The average molecular weight is 593 g/mol. The molecule has 2 aliphatic heterocycles. The Morgan fingerprint density at radius 1 is 1.02 bits per heavy atom. The van der Waals surface area contributed by atoms with E-state index in [1.54, 1.807) is 15.9 Å². The molecule has 1 unspecified atom stereocenters. The number of benzene rings is 3. The molecule has 5 rings (SSSR count). The number of rotatable bonds is 4. The summed E-state index contributed by atoms with van der Waals surface area (Å²) in [4.78, 5) is 41.8. The maximum atomic E-state index is 14.2. The Morgan fingerprint density at radius 3 is 2.49 bits per heavy atom. The van der Waals surface area contributed by atoms with E-state index in [9.17, 15) is 36.3 Å². The van der Waals surface area contributed by atoms with E-state index in [1.807, 2.05) is 0 Å². The second kappa shape index (κ2) is 10.7. The van der Waals surface area contributed by atoms with Gasteiger partial charge in [0.1, 0.15) is 11.6 Å². The minimum atomic E-state index is -4.90. The van der Waals surface area contributed by atoms with Crippen LogP contribution in [0.1, 0.15) is 56.8 Å². The van der Waals surface area contributed by atoms with Gasteiger partial charge in [-0.1, -0.05) is 11.6 Å². The Bertz CT molecular complexity index is 1580. The lowest BCUT2D eigenvalue weighted by molar-refractivity contribution is -0.137. The van der Waals surface area contributed by atoms with Crippen molar-refractivity contribution >= 4 is 40.7 Å². The third kappa shape index (κ3) is 5.69. The van der Waals surface area contributed by atoms with Gasteiger partial charge in [0.25, 0.3) is 11.8 Å². The predicted octanol–water partition coefficient (Wildman–Crippen LogP) is 5.74. The van der Waals surface area contributed by atoms with E-state index in [2.05, 4.69) is 10.6 Å². The monoisotopic (exact) mass is 592 g/mol. The number of halogens is 6. The van der Waals surface area contributed by atoms with Crippen LogP contribution in [0.5, 0.6) is 0 Å². The molecule has 0 bridgehead atoms. The van der Waals surface area contributed by atoms with Crippen molar-refractivity contribution < 1.29 is 36.3 Å². The molecule has 3 aromatic rings. The van der Waals surface area contributed by atoms with Crippen LogP contribution in [0, 0.1) is 11.6 Å². The van der Waals surface area contributed by atoms with E-state index in [-0.39, 0.29) is 46.0 Å². The van der Waals surface area contributed by atoms with E-state index in [1.165, 1.54) is 19.1 Å². The van der Waals surface area contributed by atoms with Crippen molar-refractivity contribution in [3.05, 3.63) is 93.0 Å². The summed E-state index contributed by atoms with van der Waals surface area (Å²) in [6.07, 6.45) is -4.28. The van der Waals surface area contributed by atoms with Crippen LogP contribution >= 0.6 is 11.6 Å². The number of carbonyl (C=O) groups is 3. The number of hydrogen-bond donors (Lipinski definition) is 2. The Hall–Kier alpha value is -4.19. The van der Waals surface area contributed by atoms with Gasteiger partial charge in [0, 0.05) is 58.7 Å². The van der Waals surface area contributed by atoms with Gasteiger partial charge in [-0.3, -0.25) is 14.4 Å². The molecule has 0 aliphatic carbocycles. The van der Waals surface area contributed by atoms with E-state index >= 15 is 0 Å². The number of nitrogens with zero attached hydrogens (tertiary/aromatic N) is 2. The molecule has 0 spiro atoms. The molecule has 0 saturated carbocycles. The number of carbonyl (C=O) groups excluding carboxylic acids is 3. The molecular formula is C28H22ClF5N4O3. The molecule has 3 amide bonds. The summed E-state index contributed by atoms with van der Waals surface area (Å²) in [7, 11) is 0. The number of fused-ring (bicyclic) bond motifs is 1. The van der Waals surface area contributed by atoms with E-state index in [0.29, 0.717) is 37.3 Å². The van der Waals surface area contributed by atoms with Gasteiger partial charge in [0.15, 0.2) is 0 Å². The lowest BCUT2D eigenvalue weighted by atomic mass is 9.95. The maximum Gasteiger partial charge on any atom is 0.416 e. The highest BCUT2D eigenvalue weighted by atomic mass is 35.5. The first kappa shape index (κ1) is 28.3. The smallest absolute Gasteiger partial charge is 0.354 e. The van der Waals surface area contributed by atoms with E-state index < -0.39 is 46.8 Å². The highest BCUT2D eigenvalue weighted by Gasteiger charge is 2.36. The molecule has 7 nitrogen and oxygen atoms in total. The van der Waals surface area contributed by atoms with Crippen LogP contribution in [0.25, 0.3) is 0 Å². The summed E-state index contributed by atoms with van der Waals surface area (Å²) in [5, 5.41) is 5.37. The Labute approximate surface area is 235 Å². The van der Waals surface area contributed by atoms with Gasteiger partial charge in [-0.25, -0.2) is 8.78 Å². The third-order valence-electron chi connectivity index (χ3n) is 6.99. The summed E-state index contributed by atoms with van der Waals surface area (Å²) in [6, 6.07) is 7.06. The molecule has 2 heterocycles. The lowest BCUT2D eigenvalue weighted by Gasteiger charge is -2.37. The largest absolute Gasteiger partial charge is 0.416 e. The van der Waals surface area contributed by atoms with Gasteiger partial charge in [-0.05, 0) is 55.0 Å². The van der Waals surface area contributed by atoms with Gasteiger partial charge in [0.2, 0.25) is 5.91 Å². The topological polar surface area (TPSA) is 81.8 Å². The zero-order chi connectivity index (χ0) is 29.6. The van der Waals surface area contributed by atoms with Gasteiger partial charge in [0.05, 0.1) is 18.3 Å². The number of alkyl halides is 3. The zero-order valence-corrected chi connectivity index (χ0v) is 22.2. The first-order chi connectivity index (χ1) is 19.3. The second-order valence-electron chi connectivity index (χ2n) is 9.75. The summed E-state index contributed by atoms with van der Waals surface area (Å²) < 4.78 is 68.1. The molecular weight excluding hydrogens is 571 g/mol. The molecule has 1 atom stereocenters. The predicted molar refractivity (Wildman–Crippen MR) is 141 cm³/mol. The van der Waals surface area contributed by atoms with Crippen LogP contribution in [0.15, 0.2) is 48.5 Å². The van der Waals surface area contributed by atoms with Crippen LogP contribution < -0.4 is 15.5 Å². The highest BCUT2D eigenvalue weighted by Crippen LogP contribution is 2.42. The first-order valence-corrected chi connectivity index (χ1v) is 12.8. The summed E-state index contributed by atoms with van der Waals surface area (Å²) in [5.74, 6) is -3.68. The van der Waals surface area contributed by atoms with Gasteiger partial charge in [-0.2, -0.15) is 13.2 Å². The minimum absolute atomic E-state index is 0.0175. The van der Waals surface area contributed by atoms with Crippen molar-refractivity contribution in [2.75, 3.05) is 30.0 Å². The molecule has 214 valence electrons. The van der Waals surface area contributed by atoms with Gasteiger partial charge in [-0.15, -0.1) is 0 Å². The van der Waals surface area contributed by atoms with Crippen molar-refractivity contribution in [1.29, 1.82) is 0 Å². The van der Waals surface area contributed by atoms with Gasteiger partial charge >= 0.3 is 6.18 Å². The SMILES string of the molecule is CC(=O)N1CCCN(c2cc(NC(=O)c3cc(F)cc(C(F)(F)F)c3)c3c(c2)C(=O)NC3c2cc(F)ccc2Cl)C1. The molecule has 0 aromatic heterocycles. The number of anilines is 2. The van der Waals surface area contributed by atoms with Gasteiger partial charge < -0.3 is 20.4 Å².